The van der Waals surface area contributed by atoms with Crippen molar-refractivity contribution >= 4 is 48.6 Å². The van der Waals surface area contributed by atoms with E-state index in [4.69, 9.17) is 0 Å². The maximum atomic E-state index is 2.50. The molecule has 11 rings (SSSR count). The van der Waals surface area contributed by atoms with Crippen LogP contribution in [-0.2, 0) is 10.8 Å². The third-order valence-corrected chi connectivity index (χ3v) is 13.4. The Morgan fingerprint density at radius 2 is 0.926 bits per heavy atom. The van der Waals surface area contributed by atoms with E-state index in [1.54, 1.807) is 0 Å². The number of fused-ring (bicyclic) bond motifs is 12. The molecule has 2 aliphatic carbocycles. The van der Waals surface area contributed by atoms with E-state index in [0.717, 1.165) is 17.1 Å². The van der Waals surface area contributed by atoms with Gasteiger partial charge in [-0.15, -0.1) is 11.3 Å². The number of hydrogen-bond donors (Lipinski definition) is 0. The van der Waals surface area contributed by atoms with Crippen LogP contribution >= 0.6 is 11.3 Å². The average molecular weight is 708 g/mol. The molecule has 0 N–H and O–H groups in total. The molecule has 0 aliphatic heterocycles. The van der Waals surface area contributed by atoms with Crippen molar-refractivity contribution in [2.75, 3.05) is 4.90 Å². The van der Waals surface area contributed by atoms with Crippen LogP contribution in [-0.4, -0.2) is 0 Å². The number of anilines is 3. The molecule has 1 spiro atoms. The van der Waals surface area contributed by atoms with Crippen LogP contribution in [0.5, 0.6) is 0 Å². The third-order valence-electron chi connectivity index (χ3n) is 12.2. The van der Waals surface area contributed by atoms with Gasteiger partial charge in [0.1, 0.15) is 0 Å². The maximum absolute atomic E-state index is 2.50. The first kappa shape index (κ1) is 31.3. The number of rotatable bonds is 4. The molecule has 9 aromatic rings. The monoisotopic (exact) mass is 707 g/mol. The summed E-state index contributed by atoms with van der Waals surface area (Å²) >= 11 is 1.88. The number of para-hydroxylation sites is 1. The summed E-state index contributed by atoms with van der Waals surface area (Å²) in [5.41, 5.74) is 16.1. The highest BCUT2D eigenvalue weighted by atomic mass is 32.1. The van der Waals surface area contributed by atoms with Crippen molar-refractivity contribution in [3.8, 4) is 22.3 Å². The maximum Gasteiger partial charge on any atom is 0.0720 e. The molecule has 256 valence electrons. The summed E-state index contributed by atoms with van der Waals surface area (Å²) in [5, 5.41) is 2.65. The highest BCUT2D eigenvalue weighted by molar-refractivity contribution is 7.26. The van der Waals surface area contributed by atoms with Crippen molar-refractivity contribution in [3.05, 3.63) is 221 Å². The molecule has 54 heavy (non-hydrogen) atoms. The van der Waals surface area contributed by atoms with Crippen molar-refractivity contribution in [1.82, 2.24) is 0 Å². The van der Waals surface area contributed by atoms with Gasteiger partial charge >= 0.3 is 0 Å². The van der Waals surface area contributed by atoms with Gasteiger partial charge in [-0.05, 0) is 98.1 Å². The van der Waals surface area contributed by atoms with Crippen LogP contribution in [0.3, 0.4) is 0 Å². The molecule has 2 aliphatic rings. The summed E-state index contributed by atoms with van der Waals surface area (Å²) in [7, 11) is 0. The van der Waals surface area contributed by atoms with Crippen LogP contribution in [0.25, 0.3) is 42.4 Å². The van der Waals surface area contributed by atoms with Crippen molar-refractivity contribution in [3.63, 3.8) is 0 Å². The van der Waals surface area contributed by atoms with Crippen LogP contribution in [0.1, 0.15) is 47.2 Å². The SMILES string of the molecule is CC1(C)c2ccccc2C2(c3ccccc3-c3ccccc32)c2cc(N(c3ccccc3)c3ccc(-c4cccc5c4sc4ccccc45)cc3)ccc21. The summed E-state index contributed by atoms with van der Waals surface area (Å²) in [6.07, 6.45) is 0. The molecular weight excluding hydrogens is 671 g/mol. The lowest BCUT2D eigenvalue weighted by atomic mass is 9.55. The minimum Gasteiger partial charge on any atom is -0.310 e. The Balaban J connectivity index is 1.13. The number of hydrogen-bond acceptors (Lipinski definition) is 2. The van der Waals surface area contributed by atoms with E-state index in [1.807, 2.05) is 11.3 Å². The summed E-state index contributed by atoms with van der Waals surface area (Å²) in [6, 6.07) is 70.1. The Morgan fingerprint density at radius 3 is 1.67 bits per heavy atom. The Labute approximate surface area is 320 Å². The second kappa shape index (κ2) is 11.6. The van der Waals surface area contributed by atoms with Gasteiger partial charge in [-0.1, -0.05) is 159 Å². The standard InChI is InChI=1S/C52H37NS/c1-51(2)45-24-11-12-25-47(45)52(43-22-9-6-17-39(43)40-18-7-10-23-44(40)52)48-33-37(31-32-46(48)51)53(35-15-4-3-5-16-35)36-29-27-34(28-30-36)38-20-14-21-42-41-19-8-13-26-49(41)54-50(38)42/h3-33H,1-2H3. The van der Waals surface area contributed by atoms with Gasteiger partial charge in [0, 0.05) is 42.6 Å². The van der Waals surface area contributed by atoms with Gasteiger partial charge in [0.25, 0.3) is 0 Å². The molecule has 1 heterocycles. The smallest absolute Gasteiger partial charge is 0.0720 e. The molecule has 0 atom stereocenters. The summed E-state index contributed by atoms with van der Waals surface area (Å²) in [6.45, 7) is 4.80. The van der Waals surface area contributed by atoms with Crippen LogP contribution < -0.4 is 4.90 Å². The highest BCUT2D eigenvalue weighted by Crippen LogP contribution is 2.62. The fourth-order valence-electron chi connectivity index (χ4n) is 9.78. The van der Waals surface area contributed by atoms with E-state index in [2.05, 4.69) is 207 Å². The predicted octanol–water partition coefficient (Wildman–Crippen LogP) is 14.2. The van der Waals surface area contributed by atoms with E-state index in [9.17, 15) is 0 Å². The van der Waals surface area contributed by atoms with Gasteiger partial charge in [-0.3, -0.25) is 0 Å². The normalized spacial score (nSPS) is 14.4. The quantitative estimate of drug-likeness (QED) is 0.176. The molecule has 2 heteroatoms. The van der Waals surface area contributed by atoms with Crippen molar-refractivity contribution in [1.29, 1.82) is 0 Å². The fraction of sp³-hybridized carbons (Fsp3) is 0.0769. The van der Waals surface area contributed by atoms with E-state index < -0.39 is 5.41 Å². The summed E-state index contributed by atoms with van der Waals surface area (Å²) < 4.78 is 2.67. The molecular formula is C52H37NS. The molecule has 1 aromatic heterocycles. The molecule has 0 amide bonds. The molecule has 0 saturated heterocycles. The predicted molar refractivity (Wildman–Crippen MR) is 229 cm³/mol. The number of nitrogens with zero attached hydrogens (tertiary/aromatic N) is 1. The van der Waals surface area contributed by atoms with Crippen molar-refractivity contribution < 1.29 is 0 Å². The summed E-state index contributed by atoms with van der Waals surface area (Å²) in [4.78, 5) is 2.43. The van der Waals surface area contributed by atoms with Gasteiger partial charge in [0.05, 0.1) is 5.41 Å². The van der Waals surface area contributed by atoms with Crippen LogP contribution in [0.4, 0.5) is 17.1 Å². The lowest BCUT2D eigenvalue weighted by Crippen LogP contribution is -2.40. The van der Waals surface area contributed by atoms with E-state index >= 15 is 0 Å². The Kier molecular flexibility index (Phi) is 6.75. The van der Waals surface area contributed by atoms with Crippen LogP contribution in [0, 0.1) is 0 Å². The van der Waals surface area contributed by atoms with Crippen molar-refractivity contribution in [2.45, 2.75) is 24.7 Å². The minimum atomic E-state index is -0.445. The second-order valence-corrected chi connectivity index (χ2v) is 16.3. The Hall–Kier alpha value is -6.22. The first-order chi connectivity index (χ1) is 26.5. The highest BCUT2D eigenvalue weighted by Gasteiger charge is 2.53. The third kappa shape index (κ3) is 4.26. The number of thiophene rings is 1. The molecule has 8 aromatic carbocycles. The largest absolute Gasteiger partial charge is 0.310 e. The molecule has 0 fully saturated rings. The summed E-state index contributed by atoms with van der Waals surface area (Å²) in [5.74, 6) is 0. The molecule has 0 bridgehead atoms. The van der Waals surface area contributed by atoms with Gasteiger partial charge in [0.15, 0.2) is 0 Å². The fourth-order valence-corrected chi connectivity index (χ4v) is 11.0. The number of benzene rings is 8. The molecule has 1 nitrogen and oxygen atoms in total. The van der Waals surface area contributed by atoms with Crippen molar-refractivity contribution in [2.24, 2.45) is 0 Å². The first-order valence-corrected chi connectivity index (χ1v) is 19.7. The first-order valence-electron chi connectivity index (χ1n) is 18.9. The van der Waals surface area contributed by atoms with Gasteiger partial charge in [-0.2, -0.15) is 0 Å². The van der Waals surface area contributed by atoms with E-state index in [-0.39, 0.29) is 5.41 Å². The zero-order valence-electron chi connectivity index (χ0n) is 30.3. The van der Waals surface area contributed by atoms with Gasteiger partial charge in [0.2, 0.25) is 0 Å². The zero-order valence-corrected chi connectivity index (χ0v) is 31.1. The van der Waals surface area contributed by atoms with Gasteiger partial charge < -0.3 is 4.90 Å². The van der Waals surface area contributed by atoms with E-state index in [1.165, 1.54) is 75.8 Å². The lowest BCUT2D eigenvalue weighted by Gasteiger charge is -2.47. The van der Waals surface area contributed by atoms with Crippen LogP contribution in [0.2, 0.25) is 0 Å². The average Bonchev–Trinajstić information content (AvgIpc) is 3.75. The molecule has 0 unspecified atom stereocenters. The van der Waals surface area contributed by atoms with Gasteiger partial charge in [-0.25, -0.2) is 0 Å². The minimum absolute atomic E-state index is 0.185. The molecule has 0 saturated carbocycles. The lowest BCUT2D eigenvalue weighted by molar-refractivity contribution is 0.563. The van der Waals surface area contributed by atoms with E-state index in [0.29, 0.717) is 0 Å². The van der Waals surface area contributed by atoms with Crippen LogP contribution in [0.15, 0.2) is 188 Å². The Morgan fingerprint density at radius 1 is 0.389 bits per heavy atom. The Bertz CT molecular complexity index is 2870. The second-order valence-electron chi connectivity index (χ2n) is 15.2. The zero-order chi connectivity index (χ0) is 36.0. The molecule has 0 radical (unpaired) electrons. The topological polar surface area (TPSA) is 3.24 Å².